The molecule has 9 heteroatoms. The lowest BCUT2D eigenvalue weighted by Gasteiger charge is -2.19. The van der Waals surface area contributed by atoms with Gasteiger partial charge in [0.15, 0.2) is 0 Å². The molecule has 1 unspecified atom stereocenters. The van der Waals surface area contributed by atoms with Crippen LogP contribution in [0.5, 0.6) is 0 Å². The number of hydrogen-bond acceptors (Lipinski definition) is 5. The number of rotatable bonds is 3. The second kappa shape index (κ2) is 7.08. The molecule has 3 aromatic rings. The second-order valence-corrected chi connectivity index (χ2v) is 7.85. The van der Waals surface area contributed by atoms with Gasteiger partial charge in [-0.2, -0.15) is 5.10 Å². The predicted octanol–water partition coefficient (Wildman–Crippen LogP) is 1.48. The summed E-state index contributed by atoms with van der Waals surface area (Å²) in [5, 5.41) is 11.6. The zero-order valence-corrected chi connectivity index (χ0v) is 16.9. The third-order valence-corrected chi connectivity index (χ3v) is 5.83. The number of amides is 2. The monoisotopic (exact) mass is 405 g/mol. The van der Waals surface area contributed by atoms with Gasteiger partial charge in [0.25, 0.3) is 11.8 Å². The molecule has 2 atom stereocenters. The third-order valence-electron chi connectivity index (χ3n) is 5.83. The summed E-state index contributed by atoms with van der Waals surface area (Å²) in [5.41, 5.74) is 2.03. The molecule has 2 aromatic heterocycles. The number of benzene rings is 1. The quantitative estimate of drug-likeness (QED) is 0.712. The number of hydrogen-bond donors (Lipinski definition) is 1. The minimum absolute atomic E-state index is 0.110. The van der Waals surface area contributed by atoms with E-state index in [1.54, 1.807) is 21.3 Å². The van der Waals surface area contributed by atoms with Crippen molar-refractivity contribution in [2.24, 2.45) is 0 Å². The Kier molecular flexibility index (Phi) is 4.38. The number of anilines is 1. The average Bonchev–Trinajstić information content (AvgIpc) is 3.42. The van der Waals surface area contributed by atoms with Crippen LogP contribution in [0.2, 0.25) is 0 Å². The lowest BCUT2D eigenvalue weighted by atomic mass is 9.97. The van der Waals surface area contributed by atoms with E-state index in [1.165, 1.54) is 5.56 Å². The average molecular weight is 405 g/mol. The molecule has 0 saturated heterocycles. The number of nitrogens with zero attached hydrogens (tertiary/aromatic N) is 6. The molecule has 2 aliphatic rings. The largest absolute Gasteiger partial charge is 0.337 e. The van der Waals surface area contributed by atoms with Crippen LogP contribution < -0.4 is 10.2 Å². The molecule has 0 radical (unpaired) electrons. The van der Waals surface area contributed by atoms with E-state index in [2.05, 4.69) is 32.6 Å². The molecule has 1 N–H and O–H groups in total. The molecular weight excluding hydrogens is 382 g/mol. The fourth-order valence-electron chi connectivity index (χ4n) is 4.30. The summed E-state index contributed by atoms with van der Waals surface area (Å²) in [6.45, 7) is 3.17. The summed E-state index contributed by atoms with van der Waals surface area (Å²) in [4.78, 5) is 31.8. The SMILES string of the molecule is Cc1cc2n(n1)CCC(NC(=O)c1nc3n(n1)CC[C@H]3c1ccccc1)C(=O)N2C. The molecule has 5 rings (SSSR count). The maximum atomic E-state index is 12.9. The van der Waals surface area contributed by atoms with Crippen molar-refractivity contribution in [3.05, 3.63) is 59.3 Å². The Labute approximate surface area is 173 Å². The Hall–Kier alpha value is -3.49. The van der Waals surface area contributed by atoms with Gasteiger partial charge in [0.2, 0.25) is 5.82 Å². The Bertz CT molecular complexity index is 1120. The van der Waals surface area contributed by atoms with E-state index >= 15 is 0 Å². The lowest BCUT2D eigenvalue weighted by molar-refractivity contribution is -0.120. The number of aryl methyl sites for hydroxylation is 3. The number of carbonyl (C=O) groups excluding carboxylic acids is 2. The van der Waals surface area contributed by atoms with E-state index in [-0.39, 0.29) is 17.6 Å². The maximum Gasteiger partial charge on any atom is 0.291 e. The van der Waals surface area contributed by atoms with Crippen molar-refractivity contribution < 1.29 is 9.59 Å². The highest BCUT2D eigenvalue weighted by molar-refractivity contribution is 6.00. The predicted molar refractivity (Wildman–Crippen MR) is 109 cm³/mol. The smallest absolute Gasteiger partial charge is 0.291 e. The van der Waals surface area contributed by atoms with Gasteiger partial charge >= 0.3 is 0 Å². The van der Waals surface area contributed by atoms with E-state index < -0.39 is 11.9 Å². The van der Waals surface area contributed by atoms with Crippen LogP contribution in [0.1, 0.15) is 46.5 Å². The molecule has 154 valence electrons. The molecule has 2 aliphatic heterocycles. The molecule has 30 heavy (non-hydrogen) atoms. The first-order valence-electron chi connectivity index (χ1n) is 10.1. The van der Waals surface area contributed by atoms with Gasteiger partial charge in [0, 0.05) is 32.1 Å². The number of fused-ring (bicyclic) bond motifs is 2. The van der Waals surface area contributed by atoms with Crippen LogP contribution in [0.3, 0.4) is 0 Å². The van der Waals surface area contributed by atoms with Gasteiger partial charge in [0.1, 0.15) is 17.7 Å². The van der Waals surface area contributed by atoms with Crippen LogP contribution in [0.15, 0.2) is 36.4 Å². The van der Waals surface area contributed by atoms with Crippen molar-refractivity contribution in [3.8, 4) is 0 Å². The van der Waals surface area contributed by atoms with Crippen molar-refractivity contribution in [2.75, 3.05) is 11.9 Å². The summed E-state index contributed by atoms with van der Waals surface area (Å²) in [5.74, 6) is 1.18. The molecule has 9 nitrogen and oxygen atoms in total. The fourth-order valence-corrected chi connectivity index (χ4v) is 4.30. The topological polar surface area (TPSA) is 97.9 Å². The maximum absolute atomic E-state index is 12.9. The normalized spacial score (nSPS) is 20.6. The first-order valence-corrected chi connectivity index (χ1v) is 10.1. The van der Waals surface area contributed by atoms with Gasteiger partial charge in [0.05, 0.1) is 5.69 Å². The highest BCUT2D eigenvalue weighted by Gasteiger charge is 2.33. The van der Waals surface area contributed by atoms with Crippen molar-refractivity contribution in [1.29, 1.82) is 0 Å². The summed E-state index contributed by atoms with van der Waals surface area (Å²) in [6, 6.07) is 11.3. The van der Waals surface area contributed by atoms with E-state index in [4.69, 9.17) is 0 Å². The molecule has 0 bridgehead atoms. The summed E-state index contributed by atoms with van der Waals surface area (Å²) < 4.78 is 3.60. The zero-order valence-electron chi connectivity index (χ0n) is 16.9. The van der Waals surface area contributed by atoms with Crippen LogP contribution in [0.25, 0.3) is 0 Å². The van der Waals surface area contributed by atoms with Gasteiger partial charge in [-0.05, 0) is 25.3 Å². The standard InChI is InChI=1S/C21H23N7O2/c1-13-12-17-26(2)21(30)16(9-11-27(17)24-13)22-20(29)18-23-19-15(8-10-28(19)25-18)14-6-4-3-5-7-14/h3-7,12,15-16H,8-11H2,1-2H3,(H,22,29)/t15-,16?/m0/s1. The summed E-state index contributed by atoms with van der Waals surface area (Å²) in [6.07, 6.45) is 1.38. The van der Waals surface area contributed by atoms with Gasteiger partial charge in [-0.15, -0.1) is 5.10 Å². The van der Waals surface area contributed by atoms with Crippen molar-refractivity contribution >= 4 is 17.6 Å². The first kappa shape index (κ1) is 18.5. The minimum Gasteiger partial charge on any atom is -0.337 e. The van der Waals surface area contributed by atoms with E-state index in [9.17, 15) is 9.59 Å². The van der Waals surface area contributed by atoms with Gasteiger partial charge < -0.3 is 5.32 Å². The molecule has 2 amide bonds. The van der Waals surface area contributed by atoms with Crippen LogP contribution in [0, 0.1) is 6.92 Å². The number of likely N-dealkylation sites (N-methyl/N-ethyl adjacent to an activating group) is 1. The number of carbonyl (C=O) groups is 2. The Balaban J connectivity index is 1.33. The highest BCUT2D eigenvalue weighted by Crippen LogP contribution is 2.32. The fraction of sp³-hybridized carbons (Fsp3) is 0.381. The zero-order chi connectivity index (χ0) is 20.8. The molecule has 0 spiro atoms. The Morgan fingerprint density at radius 1 is 1.10 bits per heavy atom. The summed E-state index contributed by atoms with van der Waals surface area (Å²) in [7, 11) is 1.70. The van der Waals surface area contributed by atoms with E-state index in [0.717, 1.165) is 30.3 Å². The van der Waals surface area contributed by atoms with Crippen molar-refractivity contribution in [3.63, 3.8) is 0 Å². The lowest BCUT2D eigenvalue weighted by Crippen LogP contribution is -2.47. The van der Waals surface area contributed by atoms with Crippen LogP contribution >= 0.6 is 0 Å². The molecule has 4 heterocycles. The van der Waals surface area contributed by atoms with Gasteiger partial charge in [-0.1, -0.05) is 30.3 Å². The third kappa shape index (κ3) is 3.06. The van der Waals surface area contributed by atoms with E-state index in [0.29, 0.717) is 13.0 Å². The molecule has 0 aliphatic carbocycles. The Morgan fingerprint density at radius 2 is 1.87 bits per heavy atom. The number of nitrogens with one attached hydrogen (secondary N) is 1. The van der Waals surface area contributed by atoms with Crippen LogP contribution in [-0.2, 0) is 17.9 Å². The molecule has 0 fully saturated rings. The summed E-state index contributed by atoms with van der Waals surface area (Å²) >= 11 is 0. The van der Waals surface area contributed by atoms with Gasteiger partial charge in [-0.3, -0.25) is 14.5 Å². The molecule has 0 saturated carbocycles. The van der Waals surface area contributed by atoms with Gasteiger partial charge in [-0.25, -0.2) is 14.3 Å². The van der Waals surface area contributed by atoms with Crippen LogP contribution in [-0.4, -0.2) is 49.4 Å². The molecule has 1 aromatic carbocycles. The van der Waals surface area contributed by atoms with E-state index in [1.807, 2.05) is 31.2 Å². The van der Waals surface area contributed by atoms with Crippen LogP contribution in [0.4, 0.5) is 5.82 Å². The van der Waals surface area contributed by atoms with Crippen molar-refractivity contribution in [1.82, 2.24) is 29.9 Å². The highest BCUT2D eigenvalue weighted by atomic mass is 16.2. The first-order chi connectivity index (χ1) is 14.5. The number of aromatic nitrogens is 5. The molecular formula is C21H23N7O2. The minimum atomic E-state index is -0.646. The van der Waals surface area contributed by atoms with Crippen molar-refractivity contribution in [2.45, 2.75) is 44.8 Å². The second-order valence-electron chi connectivity index (χ2n) is 7.85. The Morgan fingerprint density at radius 3 is 2.67 bits per heavy atom.